The molecule has 156 valence electrons. The molecule has 1 aliphatic carbocycles. The van der Waals surface area contributed by atoms with E-state index in [0.717, 1.165) is 18.5 Å². The highest BCUT2D eigenvalue weighted by Crippen LogP contribution is 2.19. The van der Waals surface area contributed by atoms with Crippen LogP contribution in [-0.4, -0.2) is 83.7 Å². The molecule has 3 rings (SSSR count). The highest BCUT2D eigenvalue weighted by molar-refractivity contribution is 14.0. The number of hydrogen-bond acceptors (Lipinski definition) is 4. The Morgan fingerprint density at radius 1 is 1.32 bits per heavy atom. The van der Waals surface area contributed by atoms with Gasteiger partial charge in [-0.25, -0.2) is 4.99 Å². The van der Waals surface area contributed by atoms with Crippen LogP contribution in [0.3, 0.4) is 0 Å². The lowest BCUT2D eigenvalue weighted by Gasteiger charge is -2.36. The molecule has 9 nitrogen and oxygen atoms in total. The number of likely N-dealkylation sites (N-methyl/N-ethyl adjacent to an activating group) is 1. The zero-order valence-corrected chi connectivity index (χ0v) is 19.1. The number of nitrogens with one attached hydrogen (secondary N) is 1. The molecule has 1 N–H and O–H groups in total. The van der Waals surface area contributed by atoms with E-state index in [2.05, 4.69) is 15.4 Å². The van der Waals surface area contributed by atoms with Gasteiger partial charge in [0.2, 0.25) is 11.8 Å². The lowest BCUT2D eigenvalue weighted by Crippen LogP contribution is -2.56. The molecule has 2 fully saturated rings. The predicted molar refractivity (Wildman–Crippen MR) is 119 cm³/mol. The highest BCUT2D eigenvalue weighted by atomic mass is 127. The van der Waals surface area contributed by atoms with Crippen molar-refractivity contribution in [1.29, 1.82) is 0 Å². The third kappa shape index (κ3) is 5.58. The molecule has 0 aromatic carbocycles. The van der Waals surface area contributed by atoms with Gasteiger partial charge in [-0.3, -0.25) is 14.3 Å². The molecule has 10 heteroatoms. The van der Waals surface area contributed by atoms with E-state index < -0.39 is 0 Å². The van der Waals surface area contributed by atoms with Gasteiger partial charge in [-0.2, -0.15) is 5.10 Å². The van der Waals surface area contributed by atoms with Crippen LogP contribution >= 0.6 is 24.0 Å². The summed E-state index contributed by atoms with van der Waals surface area (Å²) in [5, 5.41) is 7.62. The van der Waals surface area contributed by atoms with E-state index in [4.69, 9.17) is 0 Å². The number of carbonyl (C=O) groups is 2. The number of anilines is 1. The summed E-state index contributed by atoms with van der Waals surface area (Å²) in [4.78, 5) is 34.4. The summed E-state index contributed by atoms with van der Waals surface area (Å²) in [5.74, 6) is 0.617. The van der Waals surface area contributed by atoms with Crippen LogP contribution in [0.1, 0.15) is 25.7 Å². The first-order valence-corrected chi connectivity index (χ1v) is 9.49. The molecule has 1 saturated carbocycles. The minimum atomic E-state index is -0.0546. The second-order valence-electron chi connectivity index (χ2n) is 7.39. The summed E-state index contributed by atoms with van der Waals surface area (Å²) in [6.07, 6.45) is 8.16. The van der Waals surface area contributed by atoms with E-state index in [1.165, 1.54) is 17.7 Å². The molecule has 28 heavy (non-hydrogen) atoms. The highest BCUT2D eigenvalue weighted by Gasteiger charge is 2.29. The molecule has 0 atom stereocenters. The van der Waals surface area contributed by atoms with E-state index in [1.807, 2.05) is 18.1 Å². The van der Waals surface area contributed by atoms with Crippen molar-refractivity contribution < 1.29 is 9.59 Å². The fourth-order valence-corrected chi connectivity index (χ4v) is 3.45. The summed E-state index contributed by atoms with van der Waals surface area (Å²) in [6.45, 7) is 1.55. The Morgan fingerprint density at radius 2 is 2.04 bits per heavy atom. The van der Waals surface area contributed by atoms with Gasteiger partial charge in [0.15, 0.2) is 5.96 Å². The Balaban J connectivity index is 0.00000280. The number of aryl methyl sites for hydroxylation is 1. The van der Waals surface area contributed by atoms with Gasteiger partial charge in [0.25, 0.3) is 0 Å². The van der Waals surface area contributed by atoms with E-state index in [1.54, 1.807) is 29.9 Å². The molecule has 1 aromatic heterocycles. The molecule has 0 unspecified atom stereocenters. The van der Waals surface area contributed by atoms with Crippen molar-refractivity contribution in [2.45, 2.75) is 31.7 Å². The Bertz CT molecular complexity index is 713. The third-order valence-electron chi connectivity index (χ3n) is 5.07. The van der Waals surface area contributed by atoms with Crippen molar-refractivity contribution in [2.24, 2.45) is 12.0 Å². The Kier molecular flexibility index (Phi) is 8.08. The van der Waals surface area contributed by atoms with Gasteiger partial charge < -0.3 is 20.0 Å². The third-order valence-corrected chi connectivity index (χ3v) is 5.07. The van der Waals surface area contributed by atoms with Gasteiger partial charge in [0, 0.05) is 46.5 Å². The summed E-state index contributed by atoms with van der Waals surface area (Å²) in [7, 11) is 5.28. The maximum Gasteiger partial charge on any atom is 0.246 e. The number of aromatic nitrogens is 2. The summed E-state index contributed by atoms with van der Waals surface area (Å²) < 4.78 is 1.69. The SMILES string of the molecule is CN(C)C(=O)CN=C(NC1CCCC1)N1CCN(c2cnn(C)c2)C(=O)C1.I. The average molecular weight is 503 g/mol. The zero-order chi connectivity index (χ0) is 19.4. The first-order chi connectivity index (χ1) is 12.9. The van der Waals surface area contributed by atoms with Crippen LogP contribution in [0.2, 0.25) is 0 Å². The minimum absolute atomic E-state index is 0. The Labute approximate surface area is 183 Å². The van der Waals surface area contributed by atoms with Crippen LogP contribution < -0.4 is 10.2 Å². The van der Waals surface area contributed by atoms with Crippen LogP contribution in [0.15, 0.2) is 17.4 Å². The van der Waals surface area contributed by atoms with Gasteiger partial charge in [-0.05, 0) is 12.8 Å². The van der Waals surface area contributed by atoms with Crippen LogP contribution in [0.5, 0.6) is 0 Å². The zero-order valence-electron chi connectivity index (χ0n) is 16.8. The van der Waals surface area contributed by atoms with Crippen LogP contribution in [0.4, 0.5) is 5.69 Å². The summed E-state index contributed by atoms with van der Waals surface area (Å²) in [5.41, 5.74) is 0.812. The lowest BCUT2D eigenvalue weighted by molar-refractivity contribution is -0.127. The molecule has 0 bridgehead atoms. The summed E-state index contributed by atoms with van der Waals surface area (Å²) >= 11 is 0. The van der Waals surface area contributed by atoms with Gasteiger partial charge in [0.05, 0.1) is 11.9 Å². The van der Waals surface area contributed by atoms with Crippen molar-refractivity contribution in [3.8, 4) is 0 Å². The van der Waals surface area contributed by atoms with Crippen LogP contribution in [0, 0.1) is 0 Å². The van der Waals surface area contributed by atoms with Crippen molar-refractivity contribution in [2.75, 3.05) is 45.2 Å². The fraction of sp³-hybridized carbons (Fsp3) is 0.667. The molecule has 1 aliphatic heterocycles. The second kappa shape index (κ2) is 10.1. The number of hydrogen-bond donors (Lipinski definition) is 1. The largest absolute Gasteiger partial charge is 0.353 e. The first kappa shape index (κ1) is 22.4. The smallest absolute Gasteiger partial charge is 0.246 e. The number of halogens is 1. The standard InChI is InChI=1S/C18H29N7O2.HI/c1-22(2)16(26)11-19-18(21-14-6-4-5-7-14)24-8-9-25(17(27)13-24)15-10-20-23(3)12-15;/h10,12,14H,4-9,11,13H2,1-3H3,(H,19,21);1H. The molecular weight excluding hydrogens is 473 g/mol. The number of carbonyl (C=O) groups excluding carboxylic acids is 2. The fourth-order valence-electron chi connectivity index (χ4n) is 3.45. The number of amides is 2. The van der Waals surface area contributed by atoms with Crippen molar-refractivity contribution in [3.05, 3.63) is 12.4 Å². The molecule has 1 aromatic rings. The average Bonchev–Trinajstić information content (AvgIpc) is 3.29. The maximum absolute atomic E-state index is 12.7. The van der Waals surface area contributed by atoms with Crippen molar-refractivity contribution in [1.82, 2.24) is 24.9 Å². The lowest BCUT2D eigenvalue weighted by atomic mass is 10.2. The molecule has 2 amide bonds. The first-order valence-electron chi connectivity index (χ1n) is 9.49. The predicted octanol–water partition coefficient (Wildman–Crippen LogP) is 0.663. The Hall–Kier alpha value is -1.85. The van der Waals surface area contributed by atoms with Crippen LogP contribution in [0.25, 0.3) is 0 Å². The Morgan fingerprint density at radius 3 is 2.61 bits per heavy atom. The number of rotatable bonds is 4. The van der Waals surface area contributed by atoms with Gasteiger partial charge in [0.1, 0.15) is 13.1 Å². The van der Waals surface area contributed by atoms with E-state index in [-0.39, 0.29) is 48.9 Å². The monoisotopic (exact) mass is 503 g/mol. The maximum atomic E-state index is 12.7. The van der Waals surface area contributed by atoms with E-state index in [9.17, 15) is 9.59 Å². The second-order valence-corrected chi connectivity index (χ2v) is 7.39. The topological polar surface area (TPSA) is 86.1 Å². The van der Waals surface area contributed by atoms with Crippen molar-refractivity contribution in [3.63, 3.8) is 0 Å². The summed E-state index contributed by atoms with van der Waals surface area (Å²) in [6, 6.07) is 0.365. The van der Waals surface area contributed by atoms with Gasteiger partial charge in [-0.15, -0.1) is 24.0 Å². The molecule has 2 aliphatic rings. The molecule has 0 radical (unpaired) electrons. The number of nitrogens with zero attached hydrogens (tertiary/aromatic N) is 6. The number of aliphatic imine (C=N–C) groups is 1. The van der Waals surface area contributed by atoms with Gasteiger partial charge in [-0.1, -0.05) is 12.8 Å². The number of guanidine groups is 1. The molecular formula is C18H30IN7O2. The van der Waals surface area contributed by atoms with Crippen molar-refractivity contribution >= 4 is 47.4 Å². The minimum Gasteiger partial charge on any atom is -0.353 e. The molecule has 1 saturated heterocycles. The molecule has 2 heterocycles. The quantitative estimate of drug-likeness (QED) is 0.371. The van der Waals surface area contributed by atoms with Crippen LogP contribution in [-0.2, 0) is 16.6 Å². The number of piperazine rings is 1. The molecule has 0 spiro atoms. The normalized spacial score (nSPS) is 18.2. The van der Waals surface area contributed by atoms with E-state index in [0.29, 0.717) is 25.1 Å². The van der Waals surface area contributed by atoms with Gasteiger partial charge >= 0.3 is 0 Å². The van der Waals surface area contributed by atoms with E-state index >= 15 is 0 Å².